The number of carboxylic acids is 1. The average molecular weight is 435 g/mol. The minimum absolute atomic E-state index is 0.0233. The molecule has 0 aliphatic heterocycles. The number of aryl methyl sites for hydroxylation is 1. The van der Waals surface area contributed by atoms with E-state index in [1.807, 2.05) is 0 Å². The first-order chi connectivity index (χ1) is 14.9. The Morgan fingerprint density at radius 1 is 1.13 bits per heavy atom. The van der Waals surface area contributed by atoms with Gasteiger partial charge in [-0.05, 0) is 6.42 Å². The molecule has 0 unspecified atom stereocenters. The number of halogens is 2. The third-order valence-electron chi connectivity index (χ3n) is 4.15. The van der Waals surface area contributed by atoms with Crippen molar-refractivity contribution in [2.24, 2.45) is 0 Å². The van der Waals surface area contributed by atoms with E-state index < -0.39 is 24.2 Å². The number of aromatic nitrogens is 4. The zero-order valence-electron chi connectivity index (χ0n) is 16.6. The van der Waals surface area contributed by atoms with Gasteiger partial charge in [-0.3, -0.25) is 9.89 Å². The normalized spacial score (nSPS) is 10.6. The highest BCUT2D eigenvalue weighted by molar-refractivity contribution is 5.67. The number of rotatable bonds is 10. The number of carboxylic acid groups (broad SMARTS) is 1. The van der Waals surface area contributed by atoms with Crippen LogP contribution in [0.4, 0.5) is 20.5 Å². The third-order valence-corrected chi connectivity index (χ3v) is 4.15. The van der Waals surface area contributed by atoms with E-state index in [0.29, 0.717) is 17.9 Å². The molecule has 0 fully saturated rings. The predicted octanol–water partition coefficient (Wildman–Crippen LogP) is 2.83. The standard InChI is InChI=1S/C19H19F2N5O5/c1-29-13-6-14(30-2)18(21)12(17(13)20)9-31-11-7-22-19(23-8-11)24-15-5-10(25-26-15)3-4-16(27)28/h5-8H,3-4,9H2,1-2H3,(H,27,28)(H2,22,23,24,25,26). The molecule has 164 valence electrons. The van der Waals surface area contributed by atoms with Crippen LogP contribution >= 0.6 is 0 Å². The summed E-state index contributed by atoms with van der Waals surface area (Å²) >= 11 is 0. The van der Waals surface area contributed by atoms with E-state index in [2.05, 4.69) is 25.5 Å². The lowest BCUT2D eigenvalue weighted by Crippen LogP contribution is -2.06. The van der Waals surface area contributed by atoms with Crippen LogP contribution in [0.5, 0.6) is 17.2 Å². The number of hydrogen-bond acceptors (Lipinski definition) is 8. The highest BCUT2D eigenvalue weighted by Crippen LogP contribution is 2.32. The Morgan fingerprint density at radius 2 is 1.77 bits per heavy atom. The van der Waals surface area contributed by atoms with Gasteiger partial charge in [-0.2, -0.15) is 5.10 Å². The summed E-state index contributed by atoms with van der Waals surface area (Å²) in [6, 6.07) is 2.75. The minimum atomic E-state index is -0.907. The number of aromatic amines is 1. The quantitative estimate of drug-likeness (QED) is 0.440. The van der Waals surface area contributed by atoms with Crippen molar-refractivity contribution < 1.29 is 32.9 Å². The number of benzene rings is 1. The number of nitrogens with one attached hydrogen (secondary N) is 2. The molecule has 0 atom stereocenters. The number of nitrogens with zero attached hydrogens (tertiary/aromatic N) is 3. The summed E-state index contributed by atoms with van der Waals surface area (Å²) in [5.74, 6) is -2.26. The predicted molar refractivity (Wildman–Crippen MR) is 104 cm³/mol. The number of carbonyl (C=O) groups is 1. The molecule has 0 spiro atoms. The van der Waals surface area contributed by atoms with Crippen LogP contribution in [-0.4, -0.2) is 45.5 Å². The van der Waals surface area contributed by atoms with E-state index in [-0.39, 0.29) is 35.2 Å². The molecule has 3 N–H and O–H groups in total. The van der Waals surface area contributed by atoms with Gasteiger partial charge in [0.25, 0.3) is 0 Å². The number of hydrogen-bond donors (Lipinski definition) is 3. The summed E-state index contributed by atoms with van der Waals surface area (Å²) in [7, 11) is 2.52. The second kappa shape index (κ2) is 9.69. The SMILES string of the molecule is COc1cc(OC)c(F)c(COc2cnc(Nc3cc(CCC(=O)O)[nH]n3)nc2)c1F. The zero-order chi connectivity index (χ0) is 22.4. The fourth-order valence-electron chi connectivity index (χ4n) is 2.58. The van der Waals surface area contributed by atoms with E-state index >= 15 is 0 Å². The van der Waals surface area contributed by atoms with Gasteiger partial charge in [-0.15, -0.1) is 0 Å². The molecule has 0 radical (unpaired) electrons. The summed E-state index contributed by atoms with van der Waals surface area (Å²) < 4.78 is 43.9. The molecule has 1 aromatic carbocycles. The molecule has 3 rings (SSSR count). The Bertz CT molecular complexity index is 1030. The van der Waals surface area contributed by atoms with Gasteiger partial charge in [0, 0.05) is 17.8 Å². The van der Waals surface area contributed by atoms with Crippen molar-refractivity contribution in [2.75, 3.05) is 19.5 Å². The fourth-order valence-corrected chi connectivity index (χ4v) is 2.58. The average Bonchev–Trinajstić information content (AvgIpc) is 3.21. The van der Waals surface area contributed by atoms with Gasteiger partial charge < -0.3 is 24.6 Å². The molecule has 0 aliphatic rings. The molecule has 0 saturated heterocycles. The third kappa shape index (κ3) is 5.35. The first-order valence-electron chi connectivity index (χ1n) is 8.98. The van der Waals surface area contributed by atoms with Crippen molar-refractivity contribution in [3.63, 3.8) is 0 Å². The molecule has 2 heterocycles. The lowest BCUT2D eigenvalue weighted by Gasteiger charge is -2.13. The van der Waals surface area contributed by atoms with Gasteiger partial charge in [-0.25, -0.2) is 18.7 Å². The van der Waals surface area contributed by atoms with Crippen molar-refractivity contribution in [2.45, 2.75) is 19.4 Å². The topological polar surface area (TPSA) is 131 Å². The Morgan fingerprint density at radius 3 is 2.35 bits per heavy atom. The van der Waals surface area contributed by atoms with Crippen LogP contribution in [0, 0.1) is 11.6 Å². The zero-order valence-corrected chi connectivity index (χ0v) is 16.6. The Hall–Kier alpha value is -3.96. The second-order valence-electron chi connectivity index (χ2n) is 6.22. The molecular weight excluding hydrogens is 416 g/mol. The van der Waals surface area contributed by atoms with Crippen molar-refractivity contribution in [3.05, 3.63) is 47.4 Å². The summed E-state index contributed by atoms with van der Waals surface area (Å²) in [6.45, 7) is -0.437. The monoisotopic (exact) mass is 435 g/mol. The van der Waals surface area contributed by atoms with Gasteiger partial charge in [0.15, 0.2) is 34.7 Å². The first-order valence-corrected chi connectivity index (χ1v) is 8.98. The van der Waals surface area contributed by atoms with E-state index in [1.54, 1.807) is 6.07 Å². The van der Waals surface area contributed by atoms with Gasteiger partial charge in [-0.1, -0.05) is 0 Å². The van der Waals surface area contributed by atoms with Crippen LogP contribution in [0.2, 0.25) is 0 Å². The molecule has 31 heavy (non-hydrogen) atoms. The number of H-pyrrole nitrogens is 1. The Kier molecular flexibility index (Phi) is 6.80. The maximum atomic E-state index is 14.4. The highest BCUT2D eigenvalue weighted by Gasteiger charge is 2.20. The van der Waals surface area contributed by atoms with Gasteiger partial charge in [0.05, 0.1) is 38.6 Å². The minimum Gasteiger partial charge on any atom is -0.494 e. The van der Waals surface area contributed by atoms with Crippen LogP contribution in [0.3, 0.4) is 0 Å². The molecule has 10 nitrogen and oxygen atoms in total. The molecule has 0 aliphatic carbocycles. The Balaban J connectivity index is 1.63. The molecule has 0 saturated carbocycles. The summed E-state index contributed by atoms with van der Waals surface area (Å²) in [6.07, 6.45) is 2.92. The van der Waals surface area contributed by atoms with Crippen molar-refractivity contribution in [1.29, 1.82) is 0 Å². The van der Waals surface area contributed by atoms with Gasteiger partial charge in [0.1, 0.15) is 6.61 Å². The van der Waals surface area contributed by atoms with Crippen LogP contribution in [0.15, 0.2) is 24.5 Å². The molecule has 3 aromatic rings. The van der Waals surface area contributed by atoms with E-state index in [1.165, 1.54) is 26.6 Å². The van der Waals surface area contributed by atoms with E-state index in [9.17, 15) is 13.6 Å². The van der Waals surface area contributed by atoms with Crippen molar-refractivity contribution >= 4 is 17.7 Å². The first kappa shape index (κ1) is 21.7. The summed E-state index contributed by atoms with van der Waals surface area (Å²) in [5, 5.41) is 18.3. The van der Waals surface area contributed by atoms with Crippen molar-refractivity contribution in [3.8, 4) is 17.2 Å². The maximum absolute atomic E-state index is 14.4. The van der Waals surface area contributed by atoms with Gasteiger partial charge in [0.2, 0.25) is 5.95 Å². The van der Waals surface area contributed by atoms with Crippen LogP contribution in [0.25, 0.3) is 0 Å². The summed E-state index contributed by atoms with van der Waals surface area (Å²) in [5.41, 5.74) is 0.284. The second-order valence-corrected chi connectivity index (χ2v) is 6.22. The number of aliphatic carboxylic acids is 1. The molecule has 12 heteroatoms. The number of methoxy groups -OCH3 is 2. The smallest absolute Gasteiger partial charge is 0.303 e. The molecule has 0 amide bonds. The molecule has 0 bridgehead atoms. The van der Waals surface area contributed by atoms with E-state index in [0.717, 1.165) is 6.07 Å². The van der Waals surface area contributed by atoms with Crippen LogP contribution in [-0.2, 0) is 17.8 Å². The fraction of sp³-hybridized carbons (Fsp3) is 0.263. The van der Waals surface area contributed by atoms with Gasteiger partial charge >= 0.3 is 5.97 Å². The maximum Gasteiger partial charge on any atom is 0.303 e. The number of ether oxygens (including phenoxy) is 3. The van der Waals surface area contributed by atoms with Crippen LogP contribution < -0.4 is 19.5 Å². The summed E-state index contributed by atoms with van der Waals surface area (Å²) in [4.78, 5) is 18.7. The van der Waals surface area contributed by atoms with Crippen LogP contribution in [0.1, 0.15) is 17.7 Å². The number of anilines is 2. The Labute approximate surface area is 175 Å². The van der Waals surface area contributed by atoms with Crippen molar-refractivity contribution in [1.82, 2.24) is 20.2 Å². The molecule has 2 aromatic heterocycles. The lowest BCUT2D eigenvalue weighted by molar-refractivity contribution is -0.136. The highest BCUT2D eigenvalue weighted by atomic mass is 19.1. The lowest BCUT2D eigenvalue weighted by atomic mass is 10.1. The molecular formula is C19H19F2N5O5. The van der Waals surface area contributed by atoms with E-state index in [4.69, 9.17) is 19.3 Å². The largest absolute Gasteiger partial charge is 0.494 e.